The Morgan fingerprint density at radius 1 is 1.22 bits per heavy atom. The lowest BCUT2D eigenvalue weighted by Crippen LogP contribution is -2.56. The van der Waals surface area contributed by atoms with E-state index in [1.807, 2.05) is 0 Å². The Morgan fingerprint density at radius 3 is 2.70 bits per heavy atom. The van der Waals surface area contributed by atoms with Gasteiger partial charge >= 0.3 is 0 Å². The van der Waals surface area contributed by atoms with Crippen LogP contribution in [0.3, 0.4) is 0 Å². The zero-order valence-corrected chi connectivity index (χ0v) is 15.2. The van der Waals surface area contributed by atoms with Gasteiger partial charge in [0.1, 0.15) is 17.6 Å². The number of hydrogen-bond donors (Lipinski definition) is 1. The summed E-state index contributed by atoms with van der Waals surface area (Å²) in [5.41, 5.74) is 5.92. The number of nitrogens with two attached hydrogens (primary N) is 1. The lowest BCUT2D eigenvalue weighted by molar-refractivity contribution is 0.0161. The molecular formula is C20H23FN2O4. The molecule has 6 nitrogen and oxygen atoms in total. The number of carbonyl (C=O) groups excluding carboxylic acids is 1. The summed E-state index contributed by atoms with van der Waals surface area (Å²) in [6.07, 6.45) is 0.458. The van der Waals surface area contributed by atoms with Crippen LogP contribution < -0.4 is 19.9 Å². The molecule has 2 N–H and O–H groups in total. The van der Waals surface area contributed by atoms with Crippen molar-refractivity contribution in [2.45, 2.75) is 12.5 Å². The van der Waals surface area contributed by atoms with Crippen LogP contribution in [-0.2, 0) is 0 Å². The van der Waals surface area contributed by atoms with Crippen molar-refractivity contribution in [1.29, 1.82) is 0 Å². The summed E-state index contributed by atoms with van der Waals surface area (Å²) in [6.45, 7) is 1.71. The van der Waals surface area contributed by atoms with Crippen LogP contribution in [0, 0.1) is 5.82 Å². The maximum absolute atomic E-state index is 13.7. The standard InChI is InChI=1S/C20H23FN2O4/c1-25-14-7-8-18(26-10-4-9-22)16(11-14)20(24)23-12-15(13-23)27-19-6-3-2-5-17(19)21/h2-3,5-8,11,15H,4,9-10,12-13,22H2,1H3. The van der Waals surface area contributed by atoms with E-state index in [1.165, 1.54) is 6.07 Å². The van der Waals surface area contributed by atoms with Crippen LogP contribution in [0.15, 0.2) is 42.5 Å². The van der Waals surface area contributed by atoms with Crippen LogP contribution in [0.1, 0.15) is 16.8 Å². The van der Waals surface area contributed by atoms with Gasteiger partial charge in [-0.25, -0.2) is 4.39 Å². The van der Waals surface area contributed by atoms with E-state index in [-0.39, 0.29) is 17.8 Å². The number of para-hydroxylation sites is 1. The summed E-state index contributed by atoms with van der Waals surface area (Å²) in [5.74, 6) is 0.675. The largest absolute Gasteiger partial charge is 0.497 e. The lowest BCUT2D eigenvalue weighted by Gasteiger charge is -2.39. The van der Waals surface area contributed by atoms with Gasteiger partial charge in [0.2, 0.25) is 0 Å². The predicted molar refractivity (Wildman–Crippen MR) is 98.9 cm³/mol. The molecule has 1 amide bonds. The molecule has 27 heavy (non-hydrogen) atoms. The summed E-state index contributed by atoms with van der Waals surface area (Å²) >= 11 is 0. The van der Waals surface area contributed by atoms with Gasteiger partial charge in [-0.05, 0) is 43.3 Å². The fourth-order valence-electron chi connectivity index (χ4n) is 2.76. The molecule has 0 aromatic heterocycles. The van der Waals surface area contributed by atoms with Crippen LogP contribution >= 0.6 is 0 Å². The highest BCUT2D eigenvalue weighted by Gasteiger charge is 2.34. The number of likely N-dealkylation sites (tertiary alicyclic amines) is 1. The summed E-state index contributed by atoms with van der Waals surface area (Å²) in [6, 6.07) is 11.4. The highest BCUT2D eigenvalue weighted by atomic mass is 19.1. The number of hydrogen-bond acceptors (Lipinski definition) is 5. The van der Waals surface area contributed by atoms with Gasteiger partial charge < -0.3 is 24.8 Å². The fourth-order valence-corrected chi connectivity index (χ4v) is 2.76. The SMILES string of the molecule is COc1ccc(OCCCN)c(C(=O)N2CC(Oc3ccccc3F)C2)c1. The van der Waals surface area contributed by atoms with Gasteiger partial charge in [0.25, 0.3) is 5.91 Å². The zero-order valence-electron chi connectivity index (χ0n) is 15.2. The third kappa shape index (κ3) is 4.49. The van der Waals surface area contributed by atoms with E-state index < -0.39 is 5.82 Å². The molecule has 0 saturated carbocycles. The minimum absolute atomic E-state index is 0.176. The van der Waals surface area contributed by atoms with Gasteiger partial charge in [0.05, 0.1) is 32.4 Å². The lowest BCUT2D eigenvalue weighted by atomic mass is 10.1. The molecule has 144 valence electrons. The number of benzene rings is 2. The average molecular weight is 374 g/mol. The molecule has 1 fully saturated rings. The summed E-state index contributed by atoms with van der Waals surface area (Å²) in [5, 5.41) is 0. The fraction of sp³-hybridized carbons (Fsp3) is 0.350. The molecule has 0 unspecified atom stereocenters. The van der Waals surface area contributed by atoms with Crippen molar-refractivity contribution in [1.82, 2.24) is 4.90 Å². The molecule has 2 aromatic carbocycles. The third-order valence-corrected chi connectivity index (χ3v) is 4.29. The minimum Gasteiger partial charge on any atom is -0.497 e. The van der Waals surface area contributed by atoms with Gasteiger partial charge in [-0.15, -0.1) is 0 Å². The predicted octanol–water partition coefficient (Wildman–Crippen LogP) is 2.47. The molecular weight excluding hydrogens is 351 g/mol. The van der Waals surface area contributed by atoms with Crippen molar-refractivity contribution in [3.05, 3.63) is 53.8 Å². The third-order valence-electron chi connectivity index (χ3n) is 4.29. The monoisotopic (exact) mass is 374 g/mol. The summed E-state index contributed by atoms with van der Waals surface area (Å²) in [7, 11) is 1.54. The number of carbonyl (C=O) groups is 1. The highest BCUT2D eigenvalue weighted by Crippen LogP contribution is 2.28. The first-order chi connectivity index (χ1) is 13.1. The number of halogens is 1. The summed E-state index contributed by atoms with van der Waals surface area (Å²) < 4.78 is 30.2. The molecule has 0 spiro atoms. The van der Waals surface area contributed by atoms with Crippen molar-refractivity contribution in [2.75, 3.05) is 33.4 Å². The van der Waals surface area contributed by atoms with Crippen LogP contribution in [0.2, 0.25) is 0 Å². The molecule has 3 rings (SSSR count). The Kier molecular flexibility index (Phi) is 6.13. The van der Waals surface area contributed by atoms with E-state index in [4.69, 9.17) is 19.9 Å². The van der Waals surface area contributed by atoms with Crippen LogP contribution in [0.4, 0.5) is 4.39 Å². The molecule has 0 bridgehead atoms. The van der Waals surface area contributed by atoms with Crippen molar-refractivity contribution in [3.8, 4) is 17.2 Å². The van der Waals surface area contributed by atoms with Gasteiger partial charge in [0, 0.05) is 0 Å². The smallest absolute Gasteiger partial charge is 0.258 e. The second kappa shape index (κ2) is 8.73. The van der Waals surface area contributed by atoms with Gasteiger partial charge in [-0.1, -0.05) is 12.1 Å². The van der Waals surface area contributed by atoms with E-state index in [9.17, 15) is 9.18 Å². The number of ether oxygens (including phenoxy) is 3. The Morgan fingerprint density at radius 2 is 2.00 bits per heavy atom. The van der Waals surface area contributed by atoms with E-state index in [2.05, 4.69) is 0 Å². The maximum Gasteiger partial charge on any atom is 0.258 e. The normalized spacial score (nSPS) is 13.8. The minimum atomic E-state index is -0.411. The number of methoxy groups -OCH3 is 1. The molecule has 2 aromatic rings. The molecule has 1 heterocycles. The van der Waals surface area contributed by atoms with Crippen molar-refractivity contribution in [2.24, 2.45) is 5.73 Å². The Bertz CT molecular complexity index is 793. The second-order valence-electron chi connectivity index (χ2n) is 6.23. The first kappa shape index (κ1) is 19.0. The molecule has 0 radical (unpaired) electrons. The van der Waals surface area contributed by atoms with Crippen molar-refractivity contribution in [3.63, 3.8) is 0 Å². The van der Waals surface area contributed by atoms with Crippen molar-refractivity contribution >= 4 is 5.91 Å². The number of nitrogens with zero attached hydrogens (tertiary/aromatic N) is 1. The van der Waals surface area contributed by atoms with Crippen LogP contribution in [-0.4, -0.2) is 50.3 Å². The average Bonchev–Trinajstić information content (AvgIpc) is 2.65. The molecule has 1 aliphatic heterocycles. The van der Waals surface area contributed by atoms with Crippen LogP contribution in [0.25, 0.3) is 0 Å². The van der Waals surface area contributed by atoms with E-state index in [0.29, 0.717) is 49.7 Å². The zero-order chi connectivity index (χ0) is 19.2. The highest BCUT2D eigenvalue weighted by molar-refractivity contribution is 5.98. The maximum atomic E-state index is 13.7. The van der Waals surface area contributed by atoms with Gasteiger partial charge in [0.15, 0.2) is 11.6 Å². The second-order valence-corrected chi connectivity index (χ2v) is 6.23. The van der Waals surface area contributed by atoms with Gasteiger partial charge in [-0.2, -0.15) is 0 Å². The van der Waals surface area contributed by atoms with Crippen molar-refractivity contribution < 1.29 is 23.4 Å². The Hall–Kier alpha value is -2.80. The number of rotatable bonds is 8. The molecule has 1 saturated heterocycles. The van der Waals surface area contributed by atoms with Gasteiger partial charge in [-0.3, -0.25) is 4.79 Å². The number of amides is 1. The summed E-state index contributed by atoms with van der Waals surface area (Å²) in [4.78, 5) is 14.5. The molecule has 1 aliphatic rings. The first-order valence-electron chi connectivity index (χ1n) is 8.83. The molecule has 7 heteroatoms. The molecule has 0 atom stereocenters. The first-order valence-corrected chi connectivity index (χ1v) is 8.83. The molecule has 0 aliphatic carbocycles. The van der Waals surface area contributed by atoms with E-state index in [0.717, 1.165) is 0 Å². The van der Waals surface area contributed by atoms with E-state index in [1.54, 1.807) is 48.4 Å². The Labute approximate surface area is 157 Å². The van der Waals surface area contributed by atoms with E-state index >= 15 is 0 Å². The Balaban J connectivity index is 1.65. The topological polar surface area (TPSA) is 74.0 Å². The quantitative estimate of drug-likeness (QED) is 0.719. The van der Waals surface area contributed by atoms with Crippen LogP contribution in [0.5, 0.6) is 17.2 Å².